The summed E-state index contributed by atoms with van der Waals surface area (Å²) in [6, 6.07) is 9.24. The summed E-state index contributed by atoms with van der Waals surface area (Å²) in [4.78, 5) is 0. The van der Waals surface area contributed by atoms with Gasteiger partial charge in [-0.05, 0) is 18.6 Å². The highest BCUT2D eigenvalue weighted by Gasteiger charge is 1.99. The van der Waals surface area contributed by atoms with Crippen molar-refractivity contribution < 1.29 is 4.74 Å². The maximum atomic E-state index is 8.72. The van der Waals surface area contributed by atoms with Crippen molar-refractivity contribution in [2.45, 2.75) is 6.42 Å². The van der Waals surface area contributed by atoms with Crippen LogP contribution in [0.25, 0.3) is 0 Å². The average molecular weight is 196 g/mol. The molecule has 0 amide bonds. The number of ether oxygens (including phenoxy) is 1. The fraction of sp³-hybridized carbons (Fsp3) is 0.300. The molecular weight excluding hydrogens is 186 g/mol. The van der Waals surface area contributed by atoms with Crippen LogP contribution in [-0.2, 0) is 0 Å². The standard InChI is InChI=1S/C10H10ClNO/c11-6-3-7-13-10-5-2-1-4-9(10)8-12/h1-2,4-5H,3,6-7H2. The van der Waals surface area contributed by atoms with Crippen molar-refractivity contribution in [2.24, 2.45) is 0 Å². The Balaban J connectivity index is 2.60. The van der Waals surface area contributed by atoms with Gasteiger partial charge in [0.25, 0.3) is 0 Å². The maximum Gasteiger partial charge on any atom is 0.137 e. The molecular formula is C10H10ClNO. The van der Waals surface area contributed by atoms with E-state index in [1.54, 1.807) is 12.1 Å². The van der Waals surface area contributed by atoms with Crippen LogP contribution in [0.5, 0.6) is 5.75 Å². The smallest absolute Gasteiger partial charge is 0.137 e. The fourth-order valence-electron chi connectivity index (χ4n) is 0.922. The van der Waals surface area contributed by atoms with Crippen molar-refractivity contribution in [3.63, 3.8) is 0 Å². The lowest BCUT2D eigenvalue weighted by molar-refractivity contribution is 0.317. The zero-order valence-electron chi connectivity index (χ0n) is 7.16. The number of halogens is 1. The zero-order chi connectivity index (χ0) is 9.52. The van der Waals surface area contributed by atoms with E-state index < -0.39 is 0 Å². The quantitative estimate of drug-likeness (QED) is 0.547. The number of hydrogen-bond donors (Lipinski definition) is 0. The van der Waals surface area contributed by atoms with E-state index in [0.29, 0.717) is 23.8 Å². The summed E-state index contributed by atoms with van der Waals surface area (Å²) in [5, 5.41) is 8.72. The second-order valence-electron chi connectivity index (χ2n) is 2.50. The molecule has 0 aliphatic heterocycles. The van der Waals surface area contributed by atoms with Gasteiger partial charge < -0.3 is 4.74 Å². The highest BCUT2D eigenvalue weighted by molar-refractivity contribution is 6.17. The van der Waals surface area contributed by atoms with Crippen molar-refractivity contribution in [1.82, 2.24) is 0 Å². The number of alkyl halides is 1. The maximum absolute atomic E-state index is 8.72. The Morgan fingerprint density at radius 2 is 2.15 bits per heavy atom. The topological polar surface area (TPSA) is 33.0 Å². The van der Waals surface area contributed by atoms with E-state index >= 15 is 0 Å². The van der Waals surface area contributed by atoms with Gasteiger partial charge in [-0.1, -0.05) is 12.1 Å². The van der Waals surface area contributed by atoms with Crippen molar-refractivity contribution in [3.05, 3.63) is 29.8 Å². The van der Waals surface area contributed by atoms with Crippen LogP contribution in [-0.4, -0.2) is 12.5 Å². The van der Waals surface area contributed by atoms with Crippen molar-refractivity contribution in [1.29, 1.82) is 5.26 Å². The van der Waals surface area contributed by atoms with Gasteiger partial charge in [0, 0.05) is 5.88 Å². The number of rotatable bonds is 4. The number of para-hydroxylation sites is 1. The molecule has 1 aromatic carbocycles. The first-order chi connectivity index (χ1) is 6.38. The van der Waals surface area contributed by atoms with E-state index in [-0.39, 0.29) is 0 Å². The molecule has 0 radical (unpaired) electrons. The molecule has 0 spiro atoms. The van der Waals surface area contributed by atoms with Gasteiger partial charge in [-0.3, -0.25) is 0 Å². The predicted octanol–water partition coefficient (Wildman–Crippen LogP) is 2.57. The first kappa shape index (κ1) is 9.88. The van der Waals surface area contributed by atoms with Gasteiger partial charge in [0.1, 0.15) is 11.8 Å². The van der Waals surface area contributed by atoms with Gasteiger partial charge in [0.05, 0.1) is 12.2 Å². The molecule has 0 fully saturated rings. The van der Waals surface area contributed by atoms with Crippen LogP contribution in [0.2, 0.25) is 0 Å². The van der Waals surface area contributed by atoms with Gasteiger partial charge >= 0.3 is 0 Å². The van der Waals surface area contributed by atoms with Crippen molar-refractivity contribution in [3.8, 4) is 11.8 Å². The van der Waals surface area contributed by atoms with E-state index in [2.05, 4.69) is 6.07 Å². The average Bonchev–Trinajstić information content (AvgIpc) is 2.19. The molecule has 3 heteroatoms. The lowest BCUT2D eigenvalue weighted by Crippen LogP contribution is -1.99. The molecule has 68 valence electrons. The molecule has 0 bridgehead atoms. The summed E-state index contributed by atoms with van der Waals surface area (Å²) in [6.45, 7) is 0.558. The van der Waals surface area contributed by atoms with Crippen LogP contribution >= 0.6 is 11.6 Å². The van der Waals surface area contributed by atoms with Crippen LogP contribution in [0, 0.1) is 11.3 Å². The lowest BCUT2D eigenvalue weighted by atomic mass is 10.2. The first-order valence-corrected chi connectivity index (χ1v) is 4.60. The molecule has 0 saturated carbocycles. The van der Waals surface area contributed by atoms with Gasteiger partial charge in [0.2, 0.25) is 0 Å². The molecule has 0 aliphatic rings. The fourth-order valence-corrected chi connectivity index (χ4v) is 1.03. The molecule has 13 heavy (non-hydrogen) atoms. The normalized spacial score (nSPS) is 9.23. The SMILES string of the molecule is N#Cc1ccccc1OCCCCl. The van der Waals surface area contributed by atoms with Crippen LogP contribution in [0.3, 0.4) is 0 Å². The third kappa shape index (κ3) is 2.96. The van der Waals surface area contributed by atoms with Gasteiger partial charge in [-0.25, -0.2) is 0 Å². The second kappa shape index (κ2) is 5.45. The van der Waals surface area contributed by atoms with E-state index in [1.807, 2.05) is 12.1 Å². The summed E-state index contributed by atoms with van der Waals surface area (Å²) in [7, 11) is 0. The van der Waals surface area contributed by atoms with Crippen molar-refractivity contribution in [2.75, 3.05) is 12.5 Å². The number of hydrogen-bond acceptors (Lipinski definition) is 2. The van der Waals surface area contributed by atoms with Crippen LogP contribution < -0.4 is 4.74 Å². The molecule has 0 N–H and O–H groups in total. The largest absolute Gasteiger partial charge is 0.492 e. The summed E-state index contributed by atoms with van der Waals surface area (Å²) in [5.74, 6) is 1.21. The van der Waals surface area contributed by atoms with E-state index in [9.17, 15) is 0 Å². The van der Waals surface area contributed by atoms with E-state index in [0.717, 1.165) is 6.42 Å². The van der Waals surface area contributed by atoms with Gasteiger partial charge in [-0.2, -0.15) is 5.26 Å². The molecule has 0 unspecified atom stereocenters. The Morgan fingerprint density at radius 1 is 1.38 bits per heavy atom. The molecule has 1 rings (SSSR count). The van der Waals surface area contributed by atoms with Crippen LogP contribution in [0.1, 0.15) is 12.0 Å². The Hall–Kier alpha value is -1.20. The Labute approximate surface area is 82.7 Å². The third-order valence-corrected chi connectivity index (χ3v) is 1.81. The summed E-state index contributed by atoms with van der Waals surface area (Å²) in [6.07, 6.45) is 0.793. The summed E-state index contributed by atoms with van der Waals surface area (Å²) < 4.78 is 5.36. The molecule has 0 aliphatic carbocycles. The lowest BCUT2D eigenvalue weighted by Gasteiger charge is -2.05. The number of nitriles is 1. The molecule has 1 aromatic rings. The highest BCUT2D eigenvalue weighted by atomic mass is 35.5. The Bertz CT molecular complexity index is 306. The van der Waals surface area contributed by atoms with E-state index in [1.165, 1.54) is 0 Å². The first-order valence-electron chi connectivity index (χ1n) is 4.06. The monoisotopic (exact) mass is 195 g/mol. The summed E-state index contributed by atoms with van der Waals surface area (Å²) in [5.41, 5.74) is 0.567. The van der Waals surface area contributed by atoms with Crippen LogP contribution in [0.4, 0.5) is 0 Å². The molecule has 0 atom stereocenters. The molecule has 0 saturated heterocycles. The molecule has 0 aromatic heterocycles. The van der Waals surface area contributed by atoms with Crippen LogP contribution in [0.15, 0.2) is 24.3 Å². The Kier molecular flexibility index (Phi) is 4.14. The third-order valence-electron chi connectivity index (χ3n) is 1.54. The molecule has 0 heterocycles. The minimum atomic E-state index is 0.558. The Morgan fingerprint density at radius 3 is 2.85 bits per heavy atom. The number of nitrogens with zero attached hydrogens (tertiary/aromatic N) is 1. The zero-order valence-corrected chi connectivity index (χ0v) is 7.92. The minimum absolute atomic E-state index is 0.558. The molecule has 2 nitrogen and oxygen atoms in total. The van der Waals surface area contributed by atoms with Crippen molar-refractivity contribution >= 4 is 11.6 Å². The predicted molar refractivity (Wildman–Crippen MR) is 52.0 cm³/mol. The summed E-state index contributed by atoms with van der Waals surface area (Å²) >= 11 is 5.50. The van der Waals surface area contributed by atoms with Gasteiger partial charge in [-0.15, -0.1) is 11.6 Å². The second-order valence-corrected chi connectivity index (χ2v) is 2.88. The number of benzene rings is 1. The van der Waals surface area contributed by atoms with E-state index in [4.69, 9.17) is 21.6 Å². The highest BCUT2D eigenvalue weighted by Crippen LogP contribution is 2.16. The minimum Gasteiger partial charge on any atom is -0.492 e. The van der Waals surface area contributed by atoms with Gasteiger partial charge in [0.15, 0.2) is 0 Å².